The Morgan fingerprint density at radius 2 is 2.00 bits per heavy atom. The van der Waals surface area contributed by atoms with Crippen molar-refractivity contribution >= 4 is 11.4 Å². The van der Waals surface area contributed by atoms with Crippen LogP contribution in [0.1, 0.15) is 32.1 Å². The Hall–Kier alpha value is -1.65. The predicted octanol–water partition coefficient (Wildman–Crippen LogP) is 3.50. The fourth-order valence-corrected chi connectivity index (χ4v) is 2.63. The predicted molar refractivity (Wildman–Crippen MR) is 68.3 cm³/mol. The van der Waals surface area contributed by atoms with Crippen molar-refractivity contribution in [1.29, 1.82) is 0 Å². The summed E-state index contributed by atoms with van der Waals surface area (Å²) in [5, 5.41) is 11.0. The Balaban J connectivity index is 2.31. The van der Waals surface area contributed by atoms with Crippen molar-refractivity contribution in [3.8, 4) is 0 Å². The third kappa shape index (κ3) is 2.44. The molecule has 1 fully saturated rings. The van der Waals surface area contributed by atoms with Gasteiger partial charge in [0.25, 0.3) is 0 Å². The number of anilines is 1. The van der Waals surface area contributed by atoms with Gasteiger partial charge in [-0.3, -0.25) is 10.1 Å². The number of hydrogen-bond acceptors (Lipinski definition) is 3. The summed E-state index contributed by atoms with van der Waals surface area (Å²) < 4.78 is 13.6. The van der Waals surface area contributed by atoms with Gasteiger partial charge in [-0.25, -0.2) is 0 Å². The first-order chi connectivity index (χ1) is 8.61. The van der Waals surface area contributed by atoms with E-state index in [1.54, 1.807) is 6.07 Å². The van der Waals surface area contributed by atoms with Crippen LogP contribution in [0.15, 0.2) is 18.2 Å². The molecule has 5 heteroatoms. The molecule has 0 atom stereocenters. The minimum atomic E-state index is -0.764. The van der Waals surface area contributed by atoms with Gasteiger partial charge in [-0.15, -0.1) is 0 Å². The third-order valence-corrected chi connectivity index (χ3v) is 3.65. The number of nitrogens with zero attached hydrogens (tertiary/aromatic N) is 2. The third-order valence-electron chi connectivity index (χ3n) is 3.65. The van der Waals surface area contributed by atoms with Crippen LogP contribution in [0, 0.1) is 15.9 Å². The van der Waals surface area contributed by atoms with E-state index in [1.807, 2.05) is 11.9 Å². The van der Waals surface area contributed by atoms with Gasteiger partial charge in [0.15, 0.2) is 0 Å². The number of nitro benzene ring substituents is 1. The SMILES string of the molecule is CN(c1cccc(F)c1[N+](=O)[O-])C1CCCCC1. The van der Waals surface area contributed by atoms with Crippen molar-refractivity contribution in [2.24, 2.45) is 0 Å². The normalized spacial score (nSPS) is 16.6. The maximum atomic E-state index is 13.6. The molecule has 0 spiro atoms. The summed E-state index contributed by atoms with van der Waals surface area (Å²) in [7, 11) is 1.82. The lowest BCUT2D eigenvalue weighted by molar-refractivity contribution is -0.386. The second kappa shape index (κ2) is 5.33. The van der Waals surface area contributed by atoms with Crippen LogP contribution in [-0.4, -0.2) is 18.0 Å². The Labute approximate surface area is 106 Å². The van der Waals surface area contributed by atoms with Gasteiger partial charge in [0.2, 0.25) is 5.82 Å². The molecule has 18 heavy (non-hydrogen) atoms. The van der Waals surface area contributed by atoms with Crippen LogP contribution in [0.25, 0.3) is 0 Å². The van der Waals surface area contributed by atoms with Crippen molar-refractivity contribution in [2.45, 2.75) is 38.1 Å². The van der Waals surface area contributed by atoms with Gasteiger partial charge >= 0.3 is 5.69 Å². The maximum absolute atomic E-state index is 13.6. The van der Waals surface area contributed by atoms with Crippen LogP contribution < -0.4 is 4.90 Å². The average Bonchev–Trinajstić information content (AvgIpc) is 2.38. The van der Waals surface area contributed by atoms with E-state index in [4.69, 9.17) is 0 Å². The number of halogens is 1. The zero-order valence-electron chi connectivity index (χ0n) is 10.4. The highest BCUT2D eigenvalue weighted by atomic mass is 19.1. The Morgan fingerprint density at radius 3 is 2.61 bits per heavy atom. The zero-order valence-corrected chi connectivity index (χ0v) is 10.4. The van der Waals surface area contributed by atoms with Crippen molar-refractivity contribution in [3.63, 3.8) is 0 Å². The van der Waals surface area contributed by atoms with Gasteiger partial charge in [-0.2, -0.15) is 4.39 Å². The minimum Gasteiger partial charge on any atom is -0.366 e. The quantitative estimate of drug-likeness (QED) is 0.611. The molecule has 0 unspecified atom stereocenters. The monoisotopic (exact) mass is 252 g/mol. The lowest BCUT2D eigenvalue weighted by Gasteiger charge is -2.32. The topological polar surface area (TPSA) is 46.4 Å². The summed E-state index contributed by atoms with van der Waals surface area (Å²) in [6.45, 7) is 0. The number of hydrogen-bond donors (Lipinski definition) is 0. The molecular formula is C13H17FN2O2. The Morgan fingerprint density at radius 1 is 1.33 bits per heavy atom. The first-order valence-electron chi connectivity index (χ1n) is 6.27. The van der Waals surface area contributed by atoms with Gasteiger partial charge in [-0.05, 0) is 25.0 Å². The van der Waals surface area contributed by atoms with E-state index in [9.17, 15) is 14.5 Å². The fraction of sp³-hybridized carbons (Fsp3) is 0.538. The number of rotatable bonds is 3. The van der Waals surface area contributed by atoms with Crippen LogP contribution in [0.2, 0.25) is 0 Å². The van der Waals surface area contributed by atoms with Crippen LogP contribution in [0.4, 0.5) is 15.8 Å². The highest BCUT2D eigenvalue weighted by Gasteiger charge is 2.26. The van der Waals surface area contributed by atoms with E-state index in [2.05, 4.69) is 0 Å². The molecule has 0 aromatic heterocycles. The van der Waals surface area contributed by atoms with E-state index in [0.717, 1.165) is 31.7 Å². The van der Waals surface area contributed by atoms with Crippen LogP contribution in [0.3, 0.4) is 0 Å². The molecule has 4 nitrogen and oxygen atoms in total. The lowest BCUT2D eigenvalue weighted by Crippen LogP contribution is -2.33. The van der Waals surface area contributed by atoms with Gasteiger partial charge in [-0.1, -0.05) is 25.3 Å². The molecule has 1 aromatic rings. The second-order valence-corrected chi connectivity index (χ2v) is 4.77. The molecule has 1 aromatic carbocycles. The van der Waals surface area contributed by atoms with Gasteiger partial charge in [0.05, 0.1) is 4.92 Å². The maximum Gasteiger partial charge on any atom is 0.327 e. The summed E-state index contributed by atoms with van der Waals surface area (Å²) in [6, 6.07) is 4.56. The van der Waals surface area contributed by atoms with E-state index in [0.29, 0.717) is 5.69 Å². The van der Waals surface area contributed by atoms with Gasteiger partial charge in [0.1, 0.15) is 5.69 Å². The molecular weight excluding hydrogens is 235 g/mol. The molecule has 2 rings (SSSR count). The van der Waals surface area contributed by atoms with E-state index >= 15 is 0 Å². The first kappa shape index (κ1) is 12.8. The van der Waals surface area contributed by atoms with Crippen molar-refractivity contribution < 1.29 is 9.31 Å². The summed E-state index contributed by atoms with van der Waals surface area (Å²) in [5.41, 5.74) is -0.0301. The highest BCUT2D eigenvalue weighted by Crippen LogP contribution is 2.34. The molecule has 1 aliphatic rings. The smallest absolute Gasteiger partial charge is 0.327 e. The molecule has 0 saturated heterocycles. The molecule has 0 bridgehead atoms. The molecule has 98 valence electrons. The summed E-state index contributed by atoms with van der Waals surface area (Å²) in [4.78, 5) is 12.2. The molecule has 0 N–H and O–H groups in total. The molecule has 0 heterocycles. The van der Waals surface area contributed by atoms with E-state index in [-0.39, 0.29) is 6.04 Å². The van der Waals surface area contributed by atoms with Crippen LogP contribution in [-0.2, 0) is 0 Å². The Kier molecular flexibility index (Phi) is 3.79. The first-order valence-corrected chi connectivity index (χ1v) is 6.27. The molecule has 0 aliphatic heterocycles. The molecule has 1 aliphatic carbocycles. The largest absolute Gasteiger partial charge is 0.366 e. The molecule has 1 saturated carbocycles. The van der Waals surface area contributed by atoms with Gasteiger partial charge in [0, 0.05) is 13.1 Å². The highest BCUT2D eigenvalue weighted by molar-refractivity contribution is 5.63. The summed E-state index contributed by atoms with van der Waals surface area (Å²) >= 11 is 0. The number of nitro groups is 1. The lowest BCUT2D eigenvalue weighted by atomic mass is 9.94. The second-order valence-electron chi connectivity index (χ2n) is 4.77. The van der Waals surface area contributed by atoms with Crippen molar-refractivity contribution in [2.75, 3.05) is 11.9 Å². The summed E-state index contributed by atoms with van der Waals surface area (Å²) in [6.07, 6.45) is 5.53. The molecule has 0 radical (unpaired) electrons. The number of benzene rings is 1. The zero-order chi connectivity index (χ0) is 13.1. The van der Waals surface area contributed by atoms with Gasteiger partial charge < -0.3 is 4.90 Å². The van der Waals surface area contributed by atoms with Crippen LogP contribution in [0.5, 0.6) is 0 Å². The van der Waals surface area contributed by atoms with Crippen LogP contribution >= 0.6 is 0 Å². The van der Waals surface area contributed by atoms with E-state index < -0.39 is 16.4 Å². The molecule has 0 amide bonds. The average molecular weight is 252 g/mol. The van der Waals surface area contributed by atoms with Crippen molar-refractivity contribution in [3.05, 3.63) is 34.1 Å². The minimum absolute atomic E-state index is 0.277. The van der Waals surface area contributed by atoms with Crippen molar-refractivity contribution in [1.82, 2.24) is 0 Å². The van der Waals surface area contributed by atoms with E-state index in [1.165, 1.54) is 12.5 Å². The number of para-hydroxylation sites is 1. The standard InChI is InChI=1S/C13H17FN2O2/c1-15(10-6-3-2-4-7-10)12-9-5-8-11(14)13(12)16(17)18/h5,8-10H,2-4,6-7H2,1H3. The fourth-order valence-electron chi connectivity index (χ4n) is 2.63. The Bertz CT molecular complexity index is 445. The summed E-state index contributed by atoms with van der Waals surface area (Å²) in [5.74, 6) is -0.764.